The number of unbranched alkanes of at least 4 members (excludes halogenated alkanes) is 3. The number of hydrogen-bond donors (Lipinski definition) is 1. The normalized spacial score (nSPS) is 11.7. The first-order valence-electron chi connectivity index (χ1n) is 6.93. The molecule has 0 aliphatic carbocycles. The van der Waals surface area contributed by atoms with Gasteiger partial charge in [-0.15, -0.1) is 0 Å². The van der Waals surface area contributed by atoms with E-state index in [1.807, 2.05) is 6.07 Å². The first-order valence-corrected chi connectivity index (χ1v) is 7.69. The highest BCUT2D eigenvalue weighted by Gasteiger charge is 2.00. The Hall–Kier alpha value is -0.730. The maximum absolute atomic E-state index is 5.98. The Balaban J connectivity index is 2.53. The van der Waals surface area contributed by atoms with E-state index < -0.39 is 0 Å². The summed E-state index contributed by atoms with van der Waals surface area (Å²) in [5, 5.41) is 4.49. The highest BCUT2D eigenvalue weighted by atomic mass is 35.5. The molecule has 1 aromatic rings. The summed E-state index contributed by atoms with van der Waals surface area (Å²) >= 11 is 11.9. The first kappa shape index (κ1) is 16.3. The van der Waals surface area contributed by atoms with Crippen LogP contribution in [0.4, 0.5) is 5.69 Å². The van der Waals surface area contributed by atoms with Crippen LogP contribution < -0.4 is 5.32 Å². The summed E-state index contributed by atoms with van der Waals surface area (Å²) in [6.07, 6.45) is 5.90. The van der Waals surface area contributed by atoms with E-state index in [0.717, 1.165) is 24.5 Å². The van der Waals surface area contributed by atoms with Crippen LogP contribution in [0.25, 0.3) is 0 Å². The molecule has 0 radical (unpaired) electrons. The predicted octanol–water partition coefficient (Wildman–Crippen LogP) is 5.60. The molecule has 0 aliphatic heterocycles. The summed E-state index contributed by atoms with van der Waals surface area (Å²) in [5.41, 5.74) is 0.840. The van der Waals surface area contributed by atoms with Gasteiger partial charge in [-0.2, -0.15) is 0 Å². The van der Waals surface area contributed by atoms with Gasteiger partial charge in [0.2, 0.25) is 0 Å². The first-order chi connectivity index (χ1) is 9.17. The molecule has 1 N–H and O–H groups in total. The summed E-state index contributed by atoms with van der Waals surface area (Å²) in [6, 6.07) is 5.44. The molecule has 4 heteroatoms. The highest BCUT2D eigenvalue weighted by molar-refractivity contribution is 6.42. The van der Waals surface area contributed by atoms with Crippen molar-refractivity contribution in [2.75, 3.05) is 6.54 Å². The van der Waals surface area contributed by atoms with Crippen molar-refractivity contribution >= 4 is 34.7 Å². The molecule has 0 saturated carbocycles. The zero-order valence-corrected chi connectivity index (χ0v) is 13.2. The third kappa shape index (κ3) is 6.31. The van der Waals surface area contributed by atoms with E-state index in [4.69, 9.17) is 23.2 Å². The third-order valence-electron chi connectivity index (χ3n) is 2.86. The van der Waals surface area contributed by atoms with Crippen molar-refractivity contribution < 1.29 is 0 Å². The third-order valence-corrected chi connectivity index (χ3v) is 3.60. The van der Waals surface area contributed by atoms with E-state index in [1.54, 1.807) is 12.1 Å². The topological polar surface area (TPSA) is 24.4 Å². The van der Waals surface area contributed by atoms with E-state index >= 15 is 0 Å². The molecule has 0 amide bonds. The van der Waals surface area contributed by atoms with Gasteiger partial charge in [-0.25, -0.2) is 4.99 Å². The van der Waals surface area contributed by atoms with E-state index in [1.165, 1.54) is 25.7 Å². The van der Waals surface area contributed by atoms with Crippen LogP contribution in [0.15, 0.2) is 23.2 Å². The van der Waals surface area contributed by atoms with Crippen molar-refractivity contribution in [3.8, 4) is 0 Å². The van der Waals surface area contributed by atoms with Gasteiger partial charge in [0.1, 0.15) is 5.84 Å². The number of halogens is 2. The van der Waals surface area contributed by atoms with Gasteiger partial charge in [0.05, 0.1) is 15.7 Å². The molecule has 0 aliphatic rings. The zero-order valence-electron chi connectivity index (χ0n) is 11.7. The highest BCUT2D eigenvalue weighted by Crippen LogP contribution is 2.26. The summed E-state index contributed by atoms with van der Waals surface area (Å²) in [6.45, 7) is 5.29. The Morgan fingerprint density at radius 1 is 1.11 bits per heavy atom. The molecule has 0 heterocycles. The van der Waals surface area contributed by atoms with Gasteiger partial charge in [0.25, 0.3) is 0 Å². The molecule has 0 unspecified atom stereocenters. The fourth-order valence-corrected chi connectivity index (χ4v) is 2.03. The minimum Gasteiger partial charge on any atom is -0.374 e. The number of aliphatic imine (C=N–C) groups is 1. The van der Waals surface area contributed by atoms with Crippen LogP contribution in [-0.4, -0.2) is 12.4 Å². The summed E-state index contributed by atoms with van der Waals surface area (Å²) in [4.78, 5) is 4.56. The SMILES string of the molecule is CCCCCCN/C(CC)=N\c1ccc(Cl)c(Cl)c1. The minimum absolute atomic E-state index is 0.543. The van der Waals surface area contributed by atoms with Crippen LogP contribution in [0.3, 0.4) is 0 Å². The Morgan fingerprint density at radius 3 is 2.53 bits per heavy atom. The smallest absolute Gasteiger partial charge is 0.102 e. The maximum atomic E-state index is 5.98. The van der Waals surface area contributed by atoms with Crippen LogP contribution in [0.1, 0.15) is 46.0 Å². The van der Waals surface area contributed by atoms with Crippen LogP contribution in [0.2, 0.25) is 10.0 Å². The second kappa shape index (κ2) is 9.22. The molecule has 19 heavy (non-hydrogen) atoms. The lowest BCUT2D eigenvalue weighted by Gasteiger charge is -2.08. The van der Waals surface area contributed by atoms with Gasteiger partial charge >= 0.3 is 0 Å². The van der Waals surface area contributed by atoms with E-state index in [0.29, 0.717) is 10.0 Å². The lowest BCUT2D eigenvalue weighted by atomic mass is 10.2. The molecule has 1 rings (SSSR count). The molecule has 2 nitrogen and oxygen atoms in total. The van der Waals surface area contributed by atoms with Gasteiger partial charge in [-0.05, 0) is 24.6 Å². The molecule has 0 spiro atoms. The zero-order chi connectivity index (χ0) is 14.1. The predicted molar refractivity (Wildman–Crippen MR) is 86.0 cm³/mol. The van der Waals surface area contributed by atoms with Gasteiger partial charge in [0.15, 0.2) is 0 Å². The minimum atomic E-state index is 0.543. The lowest BCUT2D eigenvalue weighted by Crippen LogP contribution is -2.23. The molecule has 0 saturated heterocycles. The van der Waals surface area contributed by atoms with Crippen LogP contribution in [0.5, 0.6) is 0 Å². The summed E-state index contributed by atoms with van der Waals surface area (Å²) < 4.78 is 0. The van der Waals surface area contributed by atoms with Crippen molar-refractivity contribution in [1.29, 1.82) is 0 Å². The van der Waals surface area contributed by atoms with Gasteiger partial charge in [0, 0.05) is 13.0 Å². The van der Waals surface area contributed by atoms with Crippen molar-refractivity contribution in [2.45, 2.75) is 46.0 Å². The van der Waals surface area contributed by atoms with Crippen molar-refractivity contribution in [3.05, 3.63) is 28.2 Å². The Morgan fingerprint density at radius 2 is 1.89 bits per heavy atom. The lowest BCUT2D eigenvalue weighted by molar-refractivity contribution is 0.652. The summed E-state index contributed by atoms with van der Waals surface area (Å²) in [7, 11) is 0. The quantitative estimate of drug-likeness (QED) is 0.395. The molecular formula is C15H22Cl2N2. The summed E-state index contributed by atoms with van der Waals surface area (Å²) in [5.74, 6) is 0.995. The second-order valence-corrected chi connectivity index (χ2v) is 5.31. The van der Waals surface area contributed by atoms with Gasteiger partial charge < -0.3 is 5.32 Å². The molecular weight excluding hydrogens is 279 g/mol. The van der Waals surface area contributed by atoms with Gasteiger partial charge in [-0.3, -0.25) is 0 Å². The monoisotopic (exact) mass is 300 g/mol. The van der Waals surface area contributed by atoms with Gasteiger partial charge in [-0.1, -0.05) is 56.3 Å². The molecule has 0 fully saturated rings. The fraction of sp³-hybridized carbons (Fsp3) is 0.533. The van der Waals surface area contributed by atoms with Crippen molar-refractivity contribution in [3.63, 3.8) is 0 Å². The van der Waals surface area contributed by atoms with E-state index in [9.17, 15) is 0 Å². The Bertz CT molecular complexity index is 417. The number of rotatable bonds is 7. The van der Waals surface area contributed by atoms with Crippen molar-refractivity contribution in [2.24, 2.45) is 4.99 Å². The fourth-order valence-electron chi connectivity index (χ4n) is 1.74. The average molecular weight is 301 g/mol. The number of nitrogens with zero attached hydrogens (tertiary/aromatic N) is 1. The van der Waals surface area contributed by atoms with Crippen molar-refractivity contribution in [1.82, 2.24) is 5.32 Å². The number of amidine groups is 1. The molecule has 0 atom stereocenters. The van der Waals surface area contributed by atoms with Crippen LogP contribution in [-0.2, 0) is 0 Å². The average Bonchev–Trinajstić information content (AvgIpc) is 2.41. The van der Waals surface area contributed by atoms with Crippen LogP contribution >= 0.6 is 23.2 Å². The molecule has 0 bridgehead atoms. The molecule has 0 aromatic heterocycles. The van der Waals surface area contributed by atoms with Crippen LogP contribution in [0, 0.1) is 0 Å². The largest absolute Gasteiger partial charge is 0.374 e. The molecule has 106 valence electrons. The standard InChI is InChI=1S/C15H22Cl2N2/c1-3-5-6-7-10-18-15(4-2)19-12-8-9-13(16)14(17)11-12/h8-9,11H,3-7,10H2,1-2H3,(H,18,19). The Labute approximate surface area is 126 Å². The number of hydrogen-bond acceptors (Lipinski definition) is 1. The van der Waals surface area contributed by atoms with E-state index in [2.05, 4.69) is 24.2 Å². The second-order valence-electron chi connectivity index (χ2n) is 4.50. The van der Waals surface area contributed by atoms with E-state index in [-0.39, 0.29) is 0 Å². The molecule has 1 aromatic carbocycles. The number of benzene rings is 1. The maximum Gasteiger partial charge on any atom is 0.102 e. The Kier molecular flexibility index (Phi) is 7.92. The number of nitrogens with one attached hydrogen (secondary N) is 1.